The van der Waals surface area contributed by atoms with Crippen molar-refractivity contribution in [3.63, 3.8) is 0 Å². The number of hydrogen-bond donors (Lipinski definition) is 1. The zero-order valence-electron chi connectivity index (χ0n) is 9.13. The molecule has 15 heavy (non-hydrogen) atoms. The summed E-state index contributed by atoms with van der Waals surface area (Å²) in [5, 5.41) is 0. The molecule has 0 saturated heterocycles. The van der Waals surface area contributed by atoms with E-state index in [2.05, 4.69) is 22.1 Å². The molecule has 0 aromatic carbocycles. The van der Waals surface area contributed by atoms with Crippen molar-refractivity contribution in [1.82, 2.24) is 9.97 Å². The Morgan fingerprint density at radius 2 is 2.20 bits per heavy atom. The second-order valence-electron chi connectivity index (χ2n) is 4.84. The monoisotopic (exact) mass is 202 g/mol. The van der Waals surface area contributed by atoms with Gasteiger partial charge in [-0.15, -0.1) is 0 Å². The lowest BCUT2D eigenvalue weighted by molar-refractivity contribution is 0.532. The van der Waals surface area contributed by atoms with Gasteiger partial charge in [-0.3, -0.25) is 0 Å². The molecule has 2 nitrogen and oxygen atoms in total. The van der Waals surface area contributed by atoms with Gasteiger partial charge in [0, 0.05) is 12.1 Å². The van der Waals surface area contributed by atoms with Gasteiger partial charge >= 0.3 is 0 Å². The number of aromatic nitrogens is 2. The van der Waals surface area contributed by atoms with Crippen LogP contribution in [0.4, 0.5) is 0 Å². The smallest absolute Gasteiger partial charge is 0.107 e. The van der Waals surface area contributed by atoms with Gasteiger partial charge in [0.2, 0.25) is 0 Å². The standard InChI is InChI=1S/C13H18N2/c1-2-6-10(5-1)9-13-14-11-7-3-4-8-12(11)15-13/h3,7,10H,1-2,4-6,8-9H2,(H,14,15). The fraction of sp³-hybridized carbons (Fsp3) is 0.615. The largest absolute Gasteiger partial charge is 0.345 e. The van der Waals surface area contributed by atoms with Crippen LogP contribution in [0.15, 0.2) is 6.08 Å². The number of rotatable bonds is 2. The summed E-state index contributed by atoms with van der Waals surface area (Å²) in [6, 6.07) is 0. The molecular formula is C13H18N2. The van der Waals surface area contributed by atoms with E-state index in [1.807, 2.05) is 0 Å². The van der Waals surface area contributed by atoms with Crippen LogP contribution < -0.4 is 0 Å². The Labute approximate surface area is 90.8 Å². The van der Waals surface area contributed by atoms with Crippen LogP contribution in [0.5, 0.6) is 0 Å². The highest BCUT2D eigenvalue weighted by molar-refractivity contribution is 5.50. The summed E-state index contributed by atoms with van der Waals surface area (Å²) in [6.07, 6.45) is 13.5. The zero-order chi connectivity index (χ0) is 10.1. The van der Waals surface area contributed by atoms with E-state index >= 15 is 0 Å². The number of H-pyrrole nitrogens is 1. The fourth-order valence-electron chi connectivity index (χ4n) is 2.81. The van der Waals surface area contributed by atoms with Crippen molar-refractivity contribution in [2.45, 2.75) is 44.9 Å². The van der Waals surface area contributed by atoms with Gasteiger partial charge in [-0.1, -0.05) is 31.8 Å². The minimum atomic E-state index is 0.890. The summed E-state index contributed by atoms with van der Waals surface area (Å²) in [5.74, 6) is 2.11. The number of imidazole rings is 1. The second kappa shape index (κ2) is 3.84. The predicted octanol–water partition coefficient (Wildman–Crippen LogP) is 3.10. The van der Waals surface area contributed by atoms with E-state index in [-0.39, 0.29) is 0 Å². The van der Waals surface area contributed by atoms with E-state index < -0.39 is 0 Å². The highest BCUT2D eigenvalue weighted by Gasteiger charge is 2.18. The van der Waals surface area contributed by atoms with Crippen LogP contribution in [0, 0.1) is 5.92 Å². The van der Waals surface area contributed by atoms with E-state index in [1.54, 1.807) is 0 Å². The molecular weight excluding hydrogens is 184 g/mol. The summed E-state index contributed by atoms with van der Waals surface area (Å²) in [4.78, 5) is 8.17. The fourth-order valence-corrected chi connectivity index (χ4v) is 2.81. The Bertz CT molecular complexity index is 370. The molecule has 2 aliphatic carbocycles. The predicted molar refractivity (Wildman–Crippen MR) is 61.6 cm³/mol. The van der Waals surface area contributed by atoms with Crippen molar-refractivity contribution in [3.8, 4) is 0 Å². The summed E-state index contributed by atoms with van der Waals surface area (Å²) in [6.45, 7) is 0. The molecule has 2 aliphatic rings. The van der Waals surface area contributed by atoms with Gasteiger partial charge in [-0.2, -0.15) is 0 Å². The van der Waals surface area contributed by atoms with Crippen molar-refractivity contribution < 1.29 is 0 Å². The highest BCUT2D eigenvalue weighted by Crippen LogP contribution is 2.28. The molecule has 0 atom stereocenters. The van der Waals surface area contributed by atoms with Crippen molar-refractivity contribution in [2.75, 3.05) is 0 Å². The third-order valence-electron chi connectivity index (χ3n) is 3.65. The highest BCUT2D eigenvalue weighted by atomic mass is 14.9. The molecule has 1 aromatic heterocycles. The lowest BCUT2D eigenvalue weighted by Crippen LogP contribution is -2.00. The Morgan fingerprint density at radius 1 is 1.33 bits per heavy atom. The van der Waals surface area contributed by atoms with Crippen molar-refractivity contribution >= 4 is 6.08 Å². The van der Waals surface area contributed by atoms with Crippen molar-refractivity contribution in [1.29, 1.82) is 0 Å². The van der Waals surface area contributed by atoms with Gasteiger partial charge in [0.15, 0.2) is 0 Å². The van der Waals surface area contributed by atoms with Gasteiger partial charge in [-0.05, 0) is 24.8 Å². The number of allylic oxidation sites excluding steroid dienone is 1. The molecule has 1 N–H and O–H groups in total. The lowest BCUT2D eigenvalue weighted by atomic mass is 10.0. The first kappa shape index (κ1) is 9.20. The van der Waals surface area contributed by atoms with Gasteiger partial charge in [0.05, 0.1) is 5.69 Å². The van der Waals surface area contributed by atoms with Gasteiger partial charge < -0.3 is 4.98 Å². The number of nitrogens with zero attached hydrogens (tertiary/aromatic N) is 1. The Balaban J connectivity index is 1.75. The molecule has 80 valence electrons. The van der Waals surface area contributed by atoms with Crippen LogP contribution in [0.1, 0.15) is 49.3 Å². The van der Waals surface area contributed by atoms with Crippen LogP contribution in [0.2, 0.25) is 0 Å². The van der Waals surface area contributed by atoms with Crippen LogP contribution in [0.25, 0.3) is 6.08 Å². The van der Waals surface area contributed by atoms with Gasteiger partial charge in [0.25, 0.3) is 0 Å². The molecule has 0 bridgehead atoms. The average Bonchev–Trinajstić information content (AvgIpc) is 2.86. The molecule has 0 spiro atoms. The summed E-state index contributed by atoms with van der Waals surface area (Å²) in [5.41, 5.74) is 2.54. The third kappa shape index (κ3) is 1.85. The first-order chi connectivity index (χ1) is 7.42. The minimum Gasteiger partial charge on any atom is -0.345 e. The van der Waals surface area contributed by atoms with E-state index in [9.17, 15) is 0 Å². The van der Waals surface area contributed by atoms with E-state index in [4.69, 9.17) is 0 Å². The quantitative estimate of drug-likeness (QED) is 0.784. The summed E-state index contributed by atoms with van der Waals surface area (Å²) in [7, 11) is 0. The molecule has 0 unspecified atom stereocenters. The van der Waals surface area contributed by atoms with E-state index in [0.717, 1.165) is 18.8 Å². The first-order valence-electron chi connectivity index (χ1n) is 6.16. The number of fused-ring (bicyclic) bond motifs is 1. The van der Waals surface area contributed by atoms with Crippen molar-refractivity contribution in [3.05, 3.63) is 23.3 Å². The van der Waals surface area contributed by atoms with Gasteiger partial charge in [0.1, 0.15) is 5.82 Å². The molecule has 0 amide bonds. The summed E-state index contributed by atoms with van der Waals surface area (Å²) >= 11 is 0. The van der Waals surface area contributed by atoms with Crippen molar-refractivity contribution in [2.24, 2.45) is 5.92 Å². The summed E-state index contributed by atoms with van der Waals surface area (Å²) < 4.78 is 0. The number of aryl methyl sites for hydroxylation is 1. The number of nitrogens with one attached hydrogen (secondary N) is 1. The maximum Gasteiger partial charge on any atom is 0.107 e. The molecule has 1 fully saturated rings. The van der Waals surface area contributed by atoms with Crippen LogP contribution in [-0.4, -0.2) is 9.97 Å². The maximum absolute atomic E-state index is 4.67. The third-order valence-corrected chi connectivity index (χ3v) is 3.65. The molecule has 1 heterocycles. The number of aromatic amines is 1. The number of hydrogen-bond acceptors (Lipinski definition) is 1. The van der Waals surface area contributed by atoms with Crippen LogP contribution in [0.3, 0.4) is 0 Å². The SMILES string of the molecule is C1=Cc2nc(CC3CCCC3)[nH]c2CC1. The molecule has 0 radical (unpaired) electrons. The molecule has 1 aromatic rings. The van der Waals surface area contributed by atoms with E-state index in [1.165, 1.54) is 49.3 Å². The molecule has 2 heteroatoms. The topological polar surface area (TPSA) is 28.7 Å². The molecule has 0 aliphatic heterocycles. The Kier molecular flexibility index (Phi) is 2.35. The first-order valence-corrected chi connectivity index (χ1v) is 6.16. The van der Waals surface area contributed by atoms with Crippen LogP contribution in [-0.2, 0) is 12.8 Å². The normalized spacial score (nSPS) is 20.8. The second-order valence-corrected chi connectivity index (χ2v) is 4.84. The zero-order valence-corrected chi connectivity index (χ0v) is 9.13. The Hall–Kier alpha value is -1.05. The molecule has 1 saturated carbocycles. The average molecular weight is 202 g/mol. The van der Waals surface area contributed by atoms with Gasteiger partial charge in [-0.25, -0.2) is 4.98 Å². The molecule has 3 rings (SSSR count). The van der Waals surface area contributed by atoms with Crippen LogP contribution >= 0.6 is 0 Å². The lowest BCUT2D eigenvalue weighted by Gasteiger charge is -2.04. The maximum atomic E-state index is 4.67. The van der Waals surface area contributed by atoms with E-state index in [0.29, 0.717) is 0 Å². The minimum absolute atomic E-state index is 0.890. The Morgan fingerprint density at radius 3 is 3.00 bits per heavy atom.